The average molecular weight is 487 g/mol. The van der Waals surface area contributed by atoms with Gasteiger partial charge in [-0.3, -0.25) is 9.52 Å². The molecule has 0 saturated carbocycles. The number of carbonyl (C=O) groups excluding carboxylic acids is 2. The van der Waals surface area contributed by atoms with Crippen molar-refractivity contribution in [2.24, 2.45) is 0 Å². The molecule has 0 atom stereocenters. The second kappa shape index (κ2) is 10.8. The predicted molar refractivity (Wildman–Crippen MR) is 123 cm³/mol. The first-order chi connectivity index (χ1) is 16.2. The highest BCUT2D eigenvalue weighted by atomic mass is 32.2. The van der Waals surface area contributed by atoms with E-state index in [9.17, 15) is 22.4 Å². The summed E-state index contributed by atoms with van der Waals surface area (Å²) in [5, 5.41) is 0. The number of amides is 1. The molecule has 3 rings (SSSR count). The molecule has 0 heterocycles. The van der Waals surface area contributed by atoms with Crippen LogP contribution in [-0.4, -0.2) is 46.0 Å². The van der Waals surface area contributed by atoms with Gasteiger partial charge < -0.3 is 14.4 Å². The van der Waals surface area contributed by atoms with Crippen LogP contribution in [0.1, 0.15) is 15.9 Å². The molecule has 0 aromatic heterocycles. The van der Waals surface area contributed by atoms with Gasteiger partial charge in [0.05, 0.1) is 17.6 Å². The number of sulfonamides is 1. The minimum absolute atomic E-state index is 0.0217. The van der Waals surface area contributed by atoms with Gasteiger partial charge in [0.15, 0.2) is 6.61 Å². The number of rotatable bonds is 9. The minimum atomic E-state index is -3.97. The molecule has 0 spiro atoms. The lowest BCUT2D eigenvalue weighted by Gasteiger charge is -2.17. The third kappa shape index (κ3) is 6.55. The molecule has 178 valence electrons. The Bertz CT molecular complexity index is 1260. The highest BCUT2D eigenvalue weighted by molar-refractivity contribution is 7.92. The van der Waals surface area contributed by atoms with Crippen LogP contribution in [0.4, 0.5) is 10.1 Å². The van der Waals surface area contributed by atoms with Gasteiger partial charge in [0.2, 0.25) is 0 Å². The Balaban J connectivity index is 1.61. The third-order valence-electron chi connectivity index (χ3n) is 4.81. The minimum Gasteiger partial charge on any atom is -0.497 e. The molecule has 34 heavy (non-hydrogen) atoms. The Morgan fingerprint density at radius 3 is 2.32 bits per heavy atom. The number of carbonyl (C=O) groups is 2. The summed E-state index contributed by atoms with van der Waals surface area (Å²) in [5.74, 6) is -1.12. The fourth-order valence-corrected chi connectivity index (χ4v) is 4.04. The van der Waals surface area contributed by atoms with Crippen LogP contribution in [0.25, 0.3) is 0 Å². The molecule has 1 amide bonds. The fraction of sp³-hybridized carbons (Fsp3) is 0.167. The lowest BCUT2D eigenvalue weighted by Crippen LogP contribution is -2.30. The van der Waals surface area contributed by atoms with E-state index in [-0.39, 0.29) is 22.8 Å². The van der Waals surface area contributed by atoms with Crippen molar-refractivity contribution in [1.29, 1.82) is 0 Å². The van der Waals surface area contributed by atoms with Crippen LogP contribution in [0, 0.1) is 5.82 Å². The first kappa shape index (κ1) is 24.7. The molecule has 0 aliphatic heterocycles. The van der Waals surface area contributed by atoms with Crippen molar-refractivity contribution in [3.63, 3.8) is 0 Å². The van der Waals surface area contributed by atoms with E-state index in [1.54, 1.807) is 36.4 Å². The first-order valence-corrected chi connectivity index (χ1v) is 11.6. The van der Waals surface area contributed by atoms with Gasteiger partial charge in [0.1, 0.15) is 11.6 Å². The largest absolute Gasteiger partial charge is 0.497 e. The molecule has 0 unspecified atom stereocenters. The number of nitrogens with one attached hydrogen (secondary N) is 1. The number of benzene rings is 3. The number of likely N-dealkylation sites (N-methyl/N-ethyl adjacent to an activating group) is 1. The van der Waals surface area contributed by atoms with Crippen LogP contribution in [0.2, 0.25) is 0 Å². The Hall–Kier alpha value is -3.92. The van der Waals surface area contributed by atoms with E-state index in [2.05, 4.69) is 4.72 Å². The number of ether oxygens (including phenoxy) is 2. The number of nitrogens with zero attached hydrogens (tertiary/aromatic N) is 1. The molecule has 0 bridgehead atoms. The highest BCUT2D eigenvalue weighted by Gasteiger charge is 2.19. The summed E-state index contributed by atoms with van der Waals surface area (Å²) in [4.78, 5) is 25.9. The lowest BCUT2D eigenvalue weighted by atomic mass is 10.2. The number of hydrogen-bond acceptors (Lipinski definition) is 6. The normalized spacial score (nSPS) is 10.9. The fourth-order valence-electron chi connectivity index (χ4n) is 2.94. The molecular weight excluding hydrogens is 463 g/mol. The van der Waals surface area contributed by atoms with Crippen molar-refractivity contribution in [1.82, 2.24) is 4.90 Å². The van der Waals surface area contributed by atoms with E-state index in [1.165, 1.54) is 55.5 Å². The zero-order valence-corrected chi connectivity index (χ0v) is 19.3. The molecule has 0 fully saturated rings. The number of hydrogen-bond donors (Lipinski definition) is 1. The topological polar surface area (TPSA) is 102 Å². The van der Waals surface area contributed by atoms with Gasteiger partial charge in [0.25, 0.3) is 15.9 Å². The summed E-state index contributed by atoms with van der Waals surface area (Å²) >= 11 is 0. The summed E-state index contributed by atoms with van der Waals surface area (Å²) in [5.41, 5.74) is 1.01. The average Bonchev–Trinajstić information content (AvgIpc) is 2.84. The van der Waals surface area contributed by atoms with E-state index in [4.69, 9.17) is 9.47 Å². The van der Waals surface area contributed by atoms with Crippen molar-refractivity contribution < 1.29 is 31.9 Å². The van der Waals surface area contributed by atoms with E-state index in [1.807, 2.05) is 0 Å². The maximum absolute atomic E-state index is 13.0. The highest BCUT2D eigenvalue weighted by Crippen LogP contribution is 2.20. The number of methoxy groups -OCH3 is 1. The zero-order chi connectivity index (χ0) is 24.7. The lowest BCUT2D eigenvalue weighted by molar-refractivity contribution is -0.133. The van der Waals surface area contributed by atoms with Crippen molar-refractivity contribution in [2.75, 3.05) is 25.5 Å². The van der Waals surface area contributed by atoms with E-state index < -0.39 is 28.5 Å². The van der Waals surface area contributed by atoms with E-state index in [0.29, 0.717) is 17.0 Å². The van der Waals surface area contributed by atoms with Gasteiger partial charge in [-0.1, -0.05) is 18.2 Å². The standard InChI is InChI=1S/C24H23FN2O6S/c1-27(15-17-6-8-19(25)9-7-17)23(28)16-33-24(29)18-4-3-5-22(14-18)34(30,31)26-20-10-12-21(32-2)13-11-20/h3-14,26H,15-16H2,1-2H3. The van der Waals surface area contributed by atoms with Gasteiger partial charge in [-0.2, -0.15) is 0 Å². The molecule has 0 aliphatic rings. The number of esters is 1. The predicted octanol–water partition coefficient (Wildman–Crippen LogP) is 3.45. The summed E-state index contributed by atoms with van der Waals surface area (Å²) in [6.07, 6.45) is 0. The van der Waals surface area contributed by atoms with Crippen molar-refractivity contribution >= 4 is 27.6 Å². The molecule has 0 radical (unpaired) electrons. The van der Waals surface area contributed by atoms with Crippen LogP contribution in [0.3, 0.4) is 0 Å². The molecule has 8 nitrogen and oxygen atoms in total. The molecule has 3 aromatic rings. The van der Waals surface area contributed by atoms with Crippen LogP contribution in [-0.2, 0) is 26.1 Å². The smallest absolute Gasteiger partial charge is 0.338 e. The van der Waals surface area contributed by atoms with E-state index in [0.717, 1.165) is 0 Å². The molecule has 1 N–H and O–H groups in total. The number of anilines is 1. The molecule has 0 aliphatic carbocycles. The van der Waals surface area contributed by atoms with Crippen LogP contribution < -0.4 is 9.46 Å². The van der Waals surface area contributed by atoms with Gasteiger partial charge >= 0.3 is 5.97 Å². The van der Waals surface area contributed by atoms with Gasteiger partial charge in [0, 0.05) is 19.3 Å². The van der Waals surface area contributed by atoms with Crippen LogP contribution in [0.5, 0.6) is 5.75 Å². The third-order valence-corrected chi connectivity index (χ3v) is 6.19. The summed E-state index contributed by atoms with van der Waals surface area (Å²) in [6.45, 7) is -0.320. The maximum atomic E-state index is 13.0. The van der Waals surface area contributed by atoms with Gasteiger partial charge in [-0.25, -0.2) is 17.6 Å². The SMILES string of the molecule is COc1ccc(NS(=O)(=O)c2cccc(C(=O)OCC(=O)N(C)Cc3ccc(F)cc3)c2)cc1. The van der Waals surface area contributed by atoms with Crippen molar-refractivity contribution in [2.45, 2.75) is 11.4 Å². The Morgan fingerprint density at radius 1 is 1.00 bits per heavy atom. The molecule has 10 heteroatoms. The summed E-state index contributed by atoms with van der Waals surface area (Å²) in [6, 6.07) is 17.3. The molecular formula is C24H23FN2O6S. The van der Waals surface area contributed by atoms with Crippen LogP contribution >= 0.6 is 0 Å². The quantitative estimate of drug-likeness (QED) is 0.465. The second-order valence-corrected chi connectivity index (χ2v) is 9.00. The first-order valence-electron chi connectivity index (χ1n) is 10.1. The number of halogens is 1. The molecule has 3 aromatic carbocycles. The van der Waals surface area contributed by atoms with Crippen molar-refractivity contribution in [3.8, 4) is 5.75 Å². The van der Waals surface area contributed by atoms with Gasteiger partial charge in [-0.05, 0) is 60.2 Å². The van der Waals surface area contributed by atoms with Gasteiger partial charge in [-0.15, -0.1) is 0 Å². The van der Waals surface area contributed by atoms with Crippen molar-refractivity contribution in [3.05, 3.63) is 89.7 Å². The Morgan fingerprint density at radius 2 is 1.68 bits per heavy atom. The zero-order valence-electron chi connectivity index (χ0n) is 18.5. The summed E-state index contributed by atoms with van der Waals surface area (Å²) in [7, 11) is -0.946. The Kier molecular flexibility index (Phi) is 7.85. The molecule has 0 saturated heterocycles. The monoisotopic (exact) mass is 486 g/mol. The van der Waals surface area contributed by atoms with E-state index >= 15 is 0 Å². The second-order valence-electron chi connectivity index (χ2n) is 7.31. The Labute approximate surface area is 197 Å². The maximum Gasteiger partial charge on any atom is 0.338 e. The summed E-state index contributed by atoms with van der Waals surface area (Å²) < 4.78 is 50.9. The van der Waals surface area contributed by atoms with Crippen LogP contribution in [0.15, 0.2) is 77.7 Å².